The third-order valence-corrected chi connectivity index (χ3v) is 2.94. The Bertz CT molecular complexity index is 458. The van der Waals surface area contributed by atoms with Crippen LogP contribution in [0.15, 0.2) is 12.1 Å². The largest absolute Gasteiger partial charge is 0.493 e. The first-order valence-corrected chi connectivity index (χ1v) is 5.91. The van der Waals surface area contributed by atoms with Crippen molar-refractivity contribution >= 4 is 17.5 Å². The Labute approximate surface area is 110 Å². The molecule has 98 valence electrons. The van der Waals surface area contributed by atoms with E-state index in [0.717, 1.165) is 6.42 Å². The maximum absolute atomic E-state index is 12.1. The average Bonchev–Trinajstić information content (AvgIpc) is 2.90. The molecule has 1 aromatic carbocycles. The minimum absolute atomic E-state index is 0.227. The summed E-state index contributed by atoms with van der Waals surface area (Å²) in [6, 6.07) is 3.14. The number of halogens is 1. The quantitative estimate of drug-likeness (QED) is 0.845. The second-order valence-electron chi connectivity index (χ2n) is 3.79. The lowest BCUT2D eigenvalue weighted by atomic mass is 10.2. The maximum Gasteiger partial charge on any atom is 0.277 e. The van der Waals surface area contributed by atoms with Gasteiger partial charge in [0.2, 0.25) is 0 Å². The fraction of sp³-hybridized carbons (Fsp3) is 0.417. The predicted molar refractivity (Wildman–Crippen MR) is 66.2 cm³/mol. The Balaban J connectivity index is 2.33. The van der Waals surface area contributed by atoms with Crippen molar-refractivity contribution in [1.29, 1.82) is 0 Å². The lowest BCUT2D eigenvalue weighted by Crippen LogP contribution is -2.26. The van der Waals surface area contributed by atoms with Gasteiger partial charge in [0.15, 0.2) is 11.5 Å². The molecule has 2 rings (SSSR count). The van der Waals surface area contributed by atoms with Gasteiger partial charge in [-0.2, -0.15) is 0 Å². The fourth-order valence-corrected chi connectivity index (χ4v) is 2.08. The van der Waals surface area contributed by atoms with Crippen LogP contribution < -0.4 is 9.47 Å². The average molecular weight is 272 g/mol. The number of nitrogens with zero attached hydrogens (tertiary/aromatic N) is 1. The fourth-order valence-electron chi connectivity index (χ4n) is 1.79. The van der Waals surface area contributed by atoms with E-state index in [4.69, 9.17) is 25.9 Å². The normalized spacial score (nSPS) is 14.7. The van der Waals surface area contributed by atoms with Gasteiger partial charge in [-0.1, -0.05) is 11.6 Å². The molecule has 0 bridgehead atoms. The van der Waals surface area contributed by atoms with Gasteiger partial charge in [0.25, 0.3) is 5.91 Å². The van der Waals surface area contributed by atoms with Crippen LogP contribution in [0.1, 0.15) is 16.8 Å². The van der Waals surface area contributed by atoms with Crippen molar-refractivity contribution in [3.05, 3.63) is 22.7 Å². The van der Waals surface area contributed by atoms with Gasteiger partial charge >= 0.3 is 0 Å². The lowest BCUT2D eigenvalue weighted by molar-refractivity contribution is -0.0768. The Morgan fingerprint density at radius 1 is 1.39 bits per heavy atom. The summed E-state index contributed by atoms with van der Waals surface area (Å²) in [5.74, 6) is 0.612. The second kappa shape index (κ2) is 5.46. The van der Waals surface area contributed by atoms with Crippen LogP contribution in [0, 0.1) is 0 Å². The highest BCUT2D eigenvalue weighted by molar-refractivity contribution is 6.32. The van der Waals surface area contributed by atoms with Crippen LogP contribution in [0.5, 0.6) is 11.5 Å². The molecular weight excluding hydrogens is 258 g/mol. The second-order valence-corrected chi connectivity index (χ2v) is 4.19. The molecule has 0 radical (unpaired) electrons. The highest BCUT2D eigenvalue weighted by Gasteiger charge is 2.23. The molecule has 1 aliphatic rings. The van der Waals surface area contributed by atoms with E-state index >= 15 is 0 Å². The van der Waals surface area contributed by atoms with Crippen molar-refractivity contribution in [3.8, 4) is 11.5 Å². The molecule has 0 aromatic heterocycles. The lowest BCUT2D eigenvalue weighted by Gasteiger charge is -2.16. The van der Waals surface area contributed by atoms with Gasteiger partial charge < -0.3 is 9.47 Å². The van der Waals surface area contributed by atoms with Crippen molar-refractivity contribution in [2.45, 2.75) is 6.42 Å². The molecule has 5 nitrogen and oxygen atoms in total. The van der Waals surface area contributed by atoms with Gasteiger partial charge in [-0.25, -0.2) is 5.06 Å². The molecule has 1 fully saturated rings. The Morgan fingerprint density at radius 3 is 2.72 bits per heavy atom. The van der Waals surface area contributed by atoms with Crippen LogP contribution in [0.4, 0.5) is 0 Å². The summed E-state index contributed by atoms with van der Waals surface area (Å²) in [6.45, 7) is 1.15. The van der Waals surface area contributed by atoms with Crippen molar-refractivity contribution in [3.63, 3.8) is 0 Å². The molecule has 0 spiro atoms. The molecule has 1 saturated heterocycles. The summed E-state index contributed by atoms with van der Waals surface area (Å²) in [4.78, 5) is 17.3. The zero-order valence-corrected chi connectivity index (χ0v) is 11.0. The SMILES string of the molecule is COc1cc(C(=O)N2CCCO2)cc(Cl)c1OC. The van der Waals surface area contributed by atoms with Gasteiger partial charge in [0, 0.05) is 5.56 Å². The standard InChI is InChI=1S/C12H14ClNO4/c1-16-10-7-8(6-9(13)11(10)17-2)12(15)14-4-3-5-18-14/h6-7H,3-5H2,1-2H3. The molecule has 1 heterocycles. The summed E-state index contributed by atoms with van der Waals surface area (Å²) in [6.07, 6.45) is 0.840. The number of rotatable bonds is 3. The van der Waals surface area contributed by atoms with Gasteiger partial charge in [-0.15, -0.1) is 0 Å². The van der Waals surface area contributed by atoms with Gasteiger partial charge in [-0.3, -0.25) is 9.63 Å². The zero-order chi connectivity index (χ0) is 13.1. The molecule has 0 unspecified atom stereocenters. The number of hydrogen-bond acceptors (Lipinski definition) is 4. The van der Waals surface area contributed by atoms with E-state index in [1.165, 1.54) is 19.3 Å². The minimum Gasteiger partial charge on any atom is -0.493 e. The first kappa shape index (κ1) is 13.0. The summed E-state index contributed by atoms with van der Waals surface area (Å²) < 4.78 is 10.3. The van der Waals surface area contributed by atoms with Crippen molar-refractivity contribution < 1.29 is 19.1 Å². The Hall–Kier alpha value is -1.46. The maximum atomic E-state index is 12.1. The molecule has 0 saturated carbocycles. The summed E-state index contributed by atoms with van der Waals surface area (Å²) in [5.41, 5.74) is 0.416. The van der Waals surface area contributed by atoms with Gasteiger partial charge in [-0.05, 0) is 18.6 Å². The zero-order valence-electron chi connectivity index (χ0n) is 10.2. The van der Waals surface area contributed by atoms with Crippen molar-refractivity contribution in [2.75, 3.05) is 27.4 Å². The van der Waals surface area contributed by atoms with Gasteiger partial charge in [0.05, 0.1) is 32.4 Å². The molecular formula is C12H14ClNO4. The third kappa shape index (κ3) is 2.37. The third-order valence-electron chi connectivity index (χ3n) is 2.66. The number of benzene rings is 1. The van der Waals surface area contributed by atoms with Crippen molar-refractivity contribution in [1.82, 2.24) is 5.06 Å². The molecule has 0 N–H and O–H groups in total. The number of carbonyl (C=O) groups is 1. The summed E-state index contributed by atoms with van der Waals surface area (Å²) >= 11 is 6.05. The van der Waals surface area contributed by atoms with E-state index < -0.39 is 0 Å². The van der Waals surface area contributed by atoms with E-state index in [9.17, 15) is 4.79 Å². The molecule has 0 aliphatic carbocycles. The van der Waals surface area contributed by atoms with Crippen LogP contribution in [0.2, 0.25) is 5.02 Å². The van der Waals surface area contributed by atoms with Crippen LogP contribution in [-0.2, 0) is 4.84 Å². The number of hydrogen-bond donors (Lipinski definition) is 0. The molecule has 18 heavy (non-hydrogen) atoms. The van der Waals surface area contributed by atoms with Crippen LogP contribution in [0.25, 0.3) is 0 Å². The van der Waals surface area contributed by atoms with E-state index in [-0.39, 0.29) is 5.91 Å². The molecule has 1 aliphatic heterocycles. The number of amides is 1. The molecule has 1 aromatic rings. The number of ether oxygens (including phenoxy) is 2. The Kier molecular flexibility index (Phi) is 3.93. The van der Waals surface area contributed by atoms with Crippen LogP contribution >= 0.6 is 11.6 Å². The summed E-state index contributed by atoms with van der Waals surface area (Å²) in [5, 5.41) is 1.66. The van der Waals surface area contributed by atoms with Crippen LogP contribution in [0.3, 0.4) is 0 Å². The topological polar surface area (TPSA) is 48.0 Å². The summed E-state index contributed by atoms with van der Waals surface area (Å²) in [7, 11) is 2.99. The highest BCUT2D eigenvalue weighted by atomic mass is 35.5. The number of hydroxylamine groups is 2. The van der Waals surface area contributed by atoms with Crippen LogP contribution in [-0.4, -0.2) is 38.3 Å². The number of carbonyl (C=O) groups excluding carboxylic acids is 1. The van der Waals surface area contributed by atoms with E-state index in [1.807, 2.05) is 0 Å². The van der Waals surface area contributed by atoms with Gasteiger partial charge in [0.1, 0.15) is 0 Å². The molecule has 0 atom stereocenters. The molecule has 1 amide bonds. The van der Waals surface area contributed by atoms with E-state index in [2.05, 4.69) is 0 Å². The predicted octanol–water partition coefficient (Wildman–Crippen LogP) is 2.13. The Morgan fingerprint density at radius 2 is 2.17 bits per heavy atom. The first-order chi connectivity index (χ1) is 8.67. The monoisotopic (exact) mass is 271 g/mol. The minimum atomic E-state index is -0.227. The smallest absolute Gasteiger partial charge is 0.277 e. The molecule has 6 heteroatoms. The van der Waals surface area contributed by atoms with E-state index in [1.54, 1.807) is 12.1 Å². The highest BCUT2D eigenvalue weighted by Crippen LogP contribution is 2.36. The first-order valence-electron chi connectivity index (χ1n) is 5.53. The number of methoxy groups -OCH3 is 2. The van der Waals surface area contributed by atoms with Crippen molar-refractivity contribution in [2.24, 2.45) is 0 Å². The van der Waals surface area contributed by atoms with E-state index in [0.29, 0.717) is 35.2 Å².